The second kappa shape index (κ2) is 6.68. The van der Waals surface area contributed by atoms with E-state index in [-0.39, 0.29) is 0 Å². The quantitative estimate of drug-likeness (QED) is 0.478. The van der Waals surface area contributed by atoms with Crippen LogP contribution in [0.2, 0.25) is 0 Å². The minimum absolute atomic E-state index is 0.345. The highest BCUT2D eigenvalue weighted by Gasteiger charge is 2.36. The van der Waals surface area contributed by atoms with Gasteiger partial charge in [-0.2, -0.15) is 5.10 Å². The van der Waals surface area contributed by atoms with Crippen LogP contribution in [0.15, 0.2) is 42.7 Å². The number of aromatic nitrogens is 4. The van der Waals surface area contributed by atoms with E-state index < -0.39 is 5.60 Å². The fraction of sp³-hybridized carbons (Fsp3) is 0.286. The Hall–Kier alpha value is -3.23. The molecule has 29 heavy (non-hydrogen) atoms. The van der Waals surface area contributed by atoms with Gasteiger partial charge in [0.1, 0.15) is 29.2 Å². The summed E-state index contributed by atoms with van der Waals surface area (Å²) in [6.07, 6.45) is 1.43. The maximum Gasteiger partial charge on any atom is 0.164 e. The van der Waals surface area contributed by atoms with Crippen LogP contribution in [0.3, 0.4) is 0 Å². The molecule has 4 N–H and O–H groups in total. The van der Waals surface area contributed by atoms with E-state index >= 15 is 0 Å². The highest BCUT2D eigenvalue weighted by Crippen LogP contribution is 2.33. The number of anilines is 1. The van der Waals surface area contributed by atoms with Crippen LogP contribution in [-0.4, -0.2) is 50.2 Å². The molecule has 148 valence electrons. The fourth-order valence-corrected chi connectivity index (χ4v) is 3.77. The molecular weight excluding hydrogens is 368 g/mol. The van der Waals surface area contributed by atoms with Gasteiger partial charge in [-0.1, -0.05) is 18.2 Å². The van der Waals surface area contributed by atoms with E-state index in [2.05, 4.69) is 21.4 Å². The molecule has 8 heteroatoms. The molecule has 1 fully saturated rings. The molecule has 0 bridgehead atoms. The monoisotopic (exact) mass is 390 g/mol. The van der Waals surface area contributed by atoms with E-state index in [0.29, 0.717) is 48.8 Å². The second-order valence-electron chi connectivity index (χ2n) is 7.45. The van der Waals surface area contributed by atoms with Gasteiger partial charge >= 0.3 is 0 Å². The predicted molar refractivity (Wildman–Crippen MR) is 112 cm³/mol. The molecule has 0 amide bonds. The first-order valence-electron chi connectivity index (χ1n) is 9.63. The molecule has 0 unspecified atom stereocenters. The van der Waals surface area contributed by atoms with Gasteiger partial charge in [0.25, 0.3) is 0 Å². The van der Waals surface area contributed by atoms with Gasteiger partial charge in [0.05, 0.1) is 18.5 Å². The van der Waals surface area contributed by atoms with E-state index in [1.807, 2.05) is 37.3 Å². The molecule has 2 aromatic carbocycles. The number of nitrogens with two attached hydrogens (primary N) is 1. The number of nitrogen functional groups attached to an aromatic ring is 1. The van der Waals surface area contributed by atoms with Crippen molar-refractivity contribution in [3.63, 3.8) is 0 Å². The summed E-state index contributed by atoms with van der Waals surface area (Å²) in [5.41, 5.74) is 7.62. The van der Waals surface area contributed by atoms with Crippen molar-refractivity contribution in [2.45, 2.75) is 19.1 Å². The van der Waals surface area contributed by atoms with Crippen molar-refractivity contribution in [1.29, 1.82) is 0 Å². The van der Waals surface area contributed by atoms with E-state index in [4.69, 9.17) is 15.6 Å². The molecule has 0 atom stereocenters. The van der Waals surface area contributed by atoms with Crippen molar-refractivity contribution in [1.82, 2.24) is 25.1 Å². The number of benzene rings is 2. The number of rotatable bonds is 5. The van der Waals surface area contributed by atoms with Crippen LogP contribution in [0, 0.1) is 0 Å². The van der Waals surface area contributed by atoms with E-state index in [1.54, 1.807) is 4.68 Å². The third-order valence-electron chi connectivity index (χ3n) is 5.31. The highest BCUT2D eigenvalue weighted by atomic mass is 16.5. The zero-order chi connectivity index (χ0) is 20.0. The highest BCUT2D eigenvalue weighted by molar-refractivity contribution is 6.00. The van der Waals surface area contributed by atoms with Crippen LogP contribution in [0.25, 0.3) is 33.1 Å². The van der Waals surface area contributed by atoms with Gasteiger partial charge in [0.15, 0.2) is 5.65 Å². The fourth-order valence-electron chi connectivity index (χ4n) is 3.77. The number of nitrogens with zero attached hydrogens (tertiary/aromatic N) is 4. The Morgan fingerprint density at radius 3 is 2.72 bits per heavy atom. The third kappa shape index (κ3) is 3.06. The average molecular weight is 390 g/mol. The molecule has 5 rings (SSSR count). The van der Waals surface area contributed by atoms with Crippen molar-refractivity contribution < 1.29 is 9.84 Å². The van der Waals surface area contributed by atoms with Crippen LogP contribution < -0.4 is 15.8 Å². The van der Waals surface area contributed by atoms with Gasteiger partial charge in [-0.3, -0.25) is 0 Å². The topological polar surface area (TPSA) is 111 Å². The predicted octanol–water partition coefficient (Wildman–Crippen LogP) is 1.96. The molecule has 0 spiro atoms. The molecule has 1 saturated heterocycles. The van der Waals surface area contributed by atoms with E-state index in [1.165, 1.54) is 6.33 Å². The molecule has 0 saturated carbocycles. The Balaban J connectivity index is 1.63. The molecule has 4 aromatic rings. The minimum Gasteiger partial charge on any atom is -0.494 e. The van der Waals surface area contributed by atoms with Gasteiger partial charge in [-0.05, 0) is 35.9 Å². The zero-order valence-electron chi connectivity index (χ0n) is 16.1. The maximum atomic E-state index is 10.6. The van der Waals surface area contributed by atoms with Crippen LogP contribution in [0.5, 0.6) is 5.75 Å². The lowest BCUT2D eigenvalue weighted by Gasteiger charge is -2.37. The number of ether oxygens (including phenoxy) is 1. The van der Waals surface area contributed by atoms with Crippen molar-refractivity contribution >= 4 is 27.6 Å². The van der Waals surface area contributed by atoms with Crippen molar-refractivity contribution in [2.24, 2.45) is 0 Å². The lowest BCUT2D eigenvalue weighted by Crippen LogP contribution is -2.61. The minimum atomic E-state index is -0.824. The SMILES string of the molecule is CCOc1ccc2cc(-c3nn(CC4(O)CNC4)c4ncnc(N)c34)ccc2c1. The summed E-state index contributed by atoms with van der Waals surface area (Å²) in [5, 5.41) is 21.3. The van der Waals surface area contributed by atoms with Crippen LogP contribution in [0.1, 0.15) is 6.92 Å². The molecular formula is C21H22N6O2. The normalized spacial score (nSPS) is 15.5. The second-order valence-corrected chi connectivity index (χ2v) is 7.45. The van der Waals surface area contributed by atoms with Crippen LogP contribution in [0.4, 0.5) is 5.82 Å². The first kappa shape index (κ1) is 17.8. The van der Waals surface area contributed by atoms with Gasteiger partial charge in [0.2, 0.25) is 0 Å². The number of fused-ring (bicyclic) bond motifs is 2. The van der Waals surface area contributed by atoms with E-state index in [0.717, 1.165) is 22.1 Å². The molecule has 2 aromatic heterocycles. The summed E-state index contributed by atoms with van der Waals surface area (Å²) >= 11 is 0. The molecule has 0 aliphatic carbocycles. The molecule has 3 heterocycles. The summed E-state index contributed by atoms with van der Waals surface area (Å²) in [4.78, 5) is 8.54. The number of hydrogen-bond acceptors (Lipinski definition) is 7. The number of hydrogen-bond donors (Lipinski definition) is 3. The lowest BCUT2D eigenvalue weighted by atomic mass is 9.98. The van der Waals surface area contributed by atoms with Crippen molar-refractivity contribution in [3.8, 4) is 17.0 Å². The van der Waals surface area contributed by atoms with Gasteiger partial charge in [-0.25, -0.2) is 14.6 Å². The third-order valence-corrected chi connectivity index (χ3v) is 5.31. The first-order chi connectivity index (χ1) is 14.1. The number of β-amino-alcohol motifs (C(OH)–C–C–N with tert-alkyl or cyclic N) is 1. The number of aliphatic hydroxyl groups is 1. The average Bonchev–Trinajstić information content (AvgIpc) is 3.06. The largest absolute Gasteiger partial charge is 0.494 e. The maximum absolute atomic E-state index is 10.6. The number of nitrogens with one attached hydrogen (secondary N) is 1. The molecule has 0 radical (unpaired) electrons. The van der Waals surface area contributed by atoms with E-state index in [9.17, 15) is 5.11 Å². The van der Waals surface area contributed by atoms with Crippen LogP contribution in [-0.2, 0) is 6.54 Å². The molecule has 8 nitrogen and oxygen atoms in total. The molecule has 1 aliphatic rings. The van der Waals surface area contributed by atoms with Gasteiger partial charge in [0, 0.05) is 18.7 Å². The van der Waals surface area contributed by atoms with Gasteiger partial charge < -0.3 is 20.9 Å². The Morgan fingerprint density at radius 2 is 1.97 bits per heavy atom. The Labute approximate surface area is 167 Å². The standard InChI is InChI=1S/C21H22N6O2/c1-2-29-16-6-5-13-7-15(4-3-14(13)8-16)18-17-19(22)24-12-25-20(17)27(26-18)11-21(28)9-23-10-21/h3-8,12,23,28H,2,9-11H2,1H3,(H2,22,24,25). The van der Waals surface area contributed by atoms with Crippen molar-refractivity contribution in [3.05, 3.63) is 42.7 Å². The Kier molecular flexibility index (Phi) is 4.11. The van der Waals surface area contributed by atoms with Crippen molar-refractivity contribution in [2.75, 3.05) is 25.4 Å². The Morgan fingerprint density at radius 1 is 1.17 bits per heavy atom. The smallest absolute Gasteiger partial charge is 0.164 e. The Bertz CT molecular complexity index is 1210. The first-order valence-corrected chi connectivity index (χ1v) is 9.63. The zero-order valence-corrected chi connectivity index (χ0v) is 16.1. The molecule has 1 aliphatic heterocycles. The summed E-state index contributed by atoms with van der Waals surface area (Å²) in [5.74, 6) is 1.23. The summed E-state index contributed by atoms with van der Waals surface area (Å²) < 4.78 is 7.32. The summed E-state index contributed by atoms with van der Waals surface area (Å²) in [7, 11) is 0. The summed E-state index contributed by atoms with van der Waals surface area (Å²) in [6, 6.07) is 12.1. The lowest BCUT2D eigenvalue weighted by molar-refractivity contribution is -0.0263. The summed E-state index contributed by atoms with van der Waals surface area (Å²) in [6.45, 7) is 4.01. The van der Waals surface area contributed by atoms with Gasteiger partial charge in [-0.15, -0.1) is 0 Å². The van der Waals surface area contributed by atoms with Crippen LogP contribution >= 0.6 is 0 Å².